The molecule has 4 heteroatoms. The normalized spacial score (nSPS) is 12.0. The van der Waals surface area contributed by atoms with Crippen LogP contribution in [-0.4, -0.2) is 29.8 Å². The van der Waals surface area contributed by atoms with Crippen LogP contribution >= 0.6 is 0 Å². The number of imide groups is 1. The van der Waals surface area contributed by atoms with E-state index in [0.29, 0.717) is 24.2 Å². The molecule has 2 amide bonds. The van der Waals surface area contributed by atoms with Crippen molar-refractivity contribution in [1.29, 1.82) is 0 Å². The Kier molecular flexibility index (Phi) is 8.80. The molecule has 0 aliphatic heterocycles. The first kappa shape index (κ1) is 25.8. The first-order valence-electron chi connectivity index (χ1n) is 11.7. The minimum atomic E-state index is -0.241. The molecule has 0 unspecified atom stereocenters. The highest BCUT2D eigenvalue weighted by Gasteiger charge is 2.25. The number of hydrogen-bond acceptors (Lipinski definition) is 3. The van der Waals surface area contributed by atoms with Crippen LogP contribution < -0.4 is 5.73 Å². The second kappa shape index (κ2) is 10.9. The number of unbranched alkanes of at least 4 members (excludes halogenated alkanes) is 3. The van der Waals surface area contributed by atoms with Gasteiger partial charge >= 0.3 is 0 Å². The summed E-state index contributed by atoms with van der Waals surface area (Å²) in [5.74, 6) is -0.483. The standard InChI is InChI=1S/C28H40N2O2/c1-27(2,3)23-15-11-21(12-16-23)25(31)30(20-10-8-7-9-19-29)26(32)22-13-17-24(18-14-22)28(4,5)6/h11-18H,7-10,19-20,29H2,1-6H3. The van der Waals surface area contributed by atoms with Crippen LogP contribution in [0, 0.1) is 0 Å². The zero-order valence-electron chi connectivity index (χ0n) is 20.7. The van der Waals surface area contributed by atoms with E-state index in [-0.39, 0.29) is 22.6 Å². The molecule has 4 nitrogen and oxygen atoms in total. The van der Waals surface area contributed by atoms with Crippen molar-refractivity contribution in [2.75, 3.05) is 13.1 Å². The van der Waals surface area contributed by atoms with E-state index < -0.39 is 0 Å². The van der Waals surface area contributed by atoms with E-state index in [9.17, 15) is 9.59 Å². The molecule has 2 aromatic carbocycles. The third-order valence-electron chi connectivity index (χ3n) is 5.82. The van der Waals surface area contributed by atoms with Crippen LogP contribution in [0.3, 0.4) is 0 Å². The third kappa shape index (κ3) is 7.03. The van der Waals surface area contributed by atoms with Gasteiger partial charge in [0.05, 0.1) is 0 Å². The molecule has 2 aromatic rings. The van der Waals surface area contributed by atoms with Crippen LogP contribution in [0.15, 0.2) is 48.5 Å². The van der Waals surface area contributed by atoms with Crippen LogP contribution in [0.5, 0.6) is 0 Å². The fraction of sp³-hybridized carbons (Fsp3) is 0.500. The van der Waals surface area contributed by atoms with Gasteiger partial charge in [-0.3, -0.25) is 14.5 Å². The average Bonchev–Trinajstić information content (AvgIpc) is 2.74. The largest absolute Gasteiger partial charge is 0.330 e. The molecule has 0 radical (unpaired) electrons. The number of nitrogens with two attached hydrogens (primary N) is 1. The van der Waals surface area contributed by atoms with Gasteiger partial charge in [-0.15, -0.1) is 0 Å². The molecule has 2 N–H and O–H groups in total. The number of benzene rings is 2. The Morgan fingerprint density at radius 1 is 0.656 bits per heavy atom. The monoisotopic (exact) mass is 436 g/mol. The highest BCUT2D eigenvalue weighted by molar-refractivity contribution is 6.10. The molecule has 0 saturated carbocycles. The van der Waals surface area contributed by atoms with Crippen LogP contribution in [0.1, 0.15) is 99.1 Å². The van der Waals surface area contributed by atoms with Gasteiger partial charge in [0.1, 0.15) is 0 Å². The van der Waals surface area contributed by atoms with Gasteiger partial charge < -0.3 is 5.73 Å². The van der Waals surface area contributed by atoms with Crippen molar-refractivity contribution in [2.45, 2.75) is 78.1 Å². The molecule has 0 saturated heterocycles. The van der Waals surface area contributed by atoms with E-state index >= 15 is 0 Å². The lowest BCUT2D eigenvalue weighted by molar-refractivity contribution is 0.0613. The summed E-state index contributed by atoms with van der Waals surface area (Å²) in [6, 6.07) is 15.3. The minimum Gasteiger partial charge on any atom is -0.330 e. The van der Waals surface area contributed by atoms with E-state index in [2.05, 4.69) is 41.5 Å². The van der Waals surface area contributed by atoms with E-state index in [1.807, 2.05) is 48.5 Å². The van der Waals surface area contributed by atoms with Crippen molar-refractivity contribution in [2.24, 2.45) is 5.73 Å². The lowest BCUT2D eigenvalue weighted by atomic mass is 9.86. The van der Waals surface area contributed by atoms with Crippen molar-refractivity contribution in [3.63, 3.8) is 0 Å². The lowest BCUT2D eigenvalue weighted by Crippen LogP contribution is -2.38. The summed E-state index contributed by atoms with van der Waals surface area (Å²) < 4.78 is 0. The fourth-order valence-corrected chi connectivity index (χ4v) is 3.60. The summed E-state index contributed by atoms with van der Waals surface area (Å²) in [6.45, 7) is 13.9. The fourth-order valence-electron chi connectivity index (χ4n) is 3.60. The Balaban J connectivity index is 2.26. The number of carbonyl (C=O) groups is 2. The van der Waals surface area contributed by atoms with Gasteiger partial charge in [0.15, 0.2) is 0 Å². The zero-order chi connectivity index (χ0) is 23.9. The number of hydrogen-bond donors (Lipinski definition) is 1. The van der Waals surface area contributed by atoms with Gasteiger partial charge in [0.25, 0.3) is 11.8 Å². The van der Waals surface area contributed by atoms with Crippen molar-refractivity contribution >= 4 is 11.8 Å². The Labute approximate surface area is 194 Å². The van der Waals surface area contributed by atoms with Gasteiger partial charge in [-0.25, -0.2) is 0 Å². The van der Waals surface area contributed by atoms with Gasteiger partial charge in [-0.2, -0.15) is 0 Å². The molecule has 32 heavy (non-hydrogen) atoms. The van der Waals surface area contributed by atoms with Crippen LogP contribution in [0.25, 0.3) is 0 Å². The molecule has 2 rings (SSSR count). The van der Waals surface area contributed by atoms with Crippen molar-refractivity contribution in [1.82, 2.24) is 4.90 Å². The summed E-state index contributed by atoms with van der Waals surface area (Å²) in [6.07, 6.45) is 3.69. The van der Waals surface area contributed by atoms with Crippen LogP contribution in [0.2, 0.25) is 0 Å². The van der Waals surface area contributed by atoms with Crippen LogP contribution in [0.4, 0.5) is 0 Å². The molecule has 0 bridgehead atoms. The highest BCUT2D eigenvalue weighted by atomic mass is 16.2. The summed E-state index contributed by atoms with van der Waals surface area (Å²) in [5, 5.41) is 0. The summed E-state index contributed by atoms with van der Waals surface area (Å²) in [4.78, 5) is 28.1. The molecule has 174 valence electrons. The molecular formula is C28H40N2O2. The van der Waals surface area contributed by atoms with Crippen LogP contribution in [-0.2, 0) is 10.8 Å². The Morgan fingerprint density at radius 2 is 1.03 bits per heavy atom. The van der Waals surface area contributed by atoms with Gasteiger partial charge in [0, 0.05) is 17.7 Å². The maximum Gasteiger partial charge on any atom is 0.260 e. The molecule has 0 atom stereocenters. The highest BCUT2D eigenvalue weighted by Crippen LogP contribution is 2.24. The van der Waals surface area contributed by atoms with E-state index in [1.165, 1.54) is 4.90 Å². The second-order valence-electron chi connectivity index (χ2n) is 10.6. The number of rotatable bonds is 8. The quantitative estimate of drug-likeness (QED) is 0.403. The summed E-state index contributed by atoms with van der Waals surface area (Å²) in [5.41, 5.74) is 9.00. The third-order valence-corrected chi connectivity index (χ3v) is 5.82. The zero-order valence-corrected chi connectivity index (χ0v) is 20.7. The first-order valence-corrected chi connectivity index (χ1v) is 11.7. The Morgan fingerprint density at radius 3 is 1.38 bits per heavy atom. The van der Waals surface area contributed by atoms with Crippen molar-refractivity contribution in [3.8, 4) is 0 Å². The van der Waals surface area contributed by atoms with Gasteiger partial charge in [-0.1, -0.05) is 78.6 Å². The molecule has 0 spiro atoms. The van der Waals surface area contributed by atoms with Crippen molar-refractivity contribution < 1.29 is 9.59 Å². The maximum atomic E-state index is 13.4. The first-order chi connectivity index (χ1) is 14.9. The summed E-state index contributed by atoms with van der Waals surface area (Å²) >= 11 is 0. The number of nitrogens with zero attached hydrogens (tertiary/aromatic N) is 1. The smallest absolute Gasteiger partial charge is 0.260 e. The number of carbonyl (C=O) groups excluding carboxylic acids is 2. The average molecular weight is 437 g/mol. The topological polar surface area (TPSA) is 63.4 Å². The van der Waals surface area contributed by atoms with E-state index in [0.717, 1.165) is 36.8 Å². The molecule has 0 aromatic heterocycles. The lowest BCUT2D eigenvalue weighted by Gasteiger charge is -2.23. The van der Waals surface area contributed by atoms with Crippen molar-refractivity contribution in [3.05, 3.63) is 70.8 Å². The van der Waals surface area contributed by atoms with Gasteiger partial charge in [0.2, 0.25) is 0 Å². The molecule has 0 aliphatic carbocycles. The predicted octanol–water partition coefficient (Wildman–Crippen LogP) is 6.08. The van der Waals surface area contributed by atoms with E-state index in [4.69, 9.17) is 5.73 Å². The van der Waals surface area contributed by atoms with Gasteiger partial charge in [-0.05, 0) is 65.6 Å². The molecule has 0 heterocycles. The molecular weight excluding hydrogens is 396 g/mol. The van der Waals surface area contributed by atoms with E-state index in [1.54, 1.807) is 0 Å². The Hall–Kier alpha value is -2.46. The SMILES string of the molecule is CC(C)(C)c1ccc(C(=O)N(CCCCCCN)C(=O)c2ccc(C(C)(C)C)cc2)cc1. The predicted molar refractivity (Wildman–Crippen MR) is 133 cm³/mol. The number of amides is 2. The molecule has 0 fully saturated rings. The maximum absolute atomic E-state index is 13.4. The summed E-state index contributed by atoms with van der Waals surface area (Å²) in [7, 11) is 0. The Bertz CT molecular complexity index is 816. The second-order valence-corrected chi connectivity index (χ2v) is 10.6. The molecule has 0 aliphatic rings. The minimum absolute atomic E-state index is 0.00881.